The van der Waals surface area contributed by atoms with Crippen LogP contribution in [0.2, 0.25) is 0 Å². The molecule has 2 fully saturated rings. The van der Waals surface area contributed by atoms with Crippen LogP contribution in [0.5, 0.6) is 5.75 Å². The van der Waals surface area contributed by atoms with Gasteiger partial charge in [0.2, 0.25) is 5.75 Å². The highest BCUT2D eigenvalue weighted by Gasteiger charge is 2.43. The minimum absolute atomic E-state index is 0.300. The third-order valence-corrected chi connectivity index (χ3v) is 7.25. The first kappa shape index (κ1) is 26.8. The summed E-state index contributed by atoms with van der Waals surface area (Å²) < 4.78 is 110. The molecular weight excluding hydrogens is 468 g/mol. The number of ether oxygens (including phenoxy) is 1. The van der Waals surface area contributed by atoms with E-state index < -0.39 is 47.6 Å². The molecule has 192 valence electrons. The number of hydrogen-bond donors (Lipinski definition) is 0. The Morgan fingerprint density at radius 3 is 1.85 bits per heavy atom. The van der Waals surface area contributed by atoms with Crippen molar-refractivity contribution < 1.29 is 39.9 Å². The van der Waals surface area contributed by atoms with Crippen molar-refractivity contribution in [3.05, 3.63) is 41.5 Å². The van der Waals surface area contributed by atoms with E-state index in [1.807, 2.05) is 6.08 Å². The van der Waals surface area contributed by atoms with Gasteiger partial charge < -0.3 is 4.74 Å². The number of allylic oxidation sites excluding steroid dienone is 2. The van der Waals surface area contributed by atoms with Crippen LogP contribution in [0.15, 0.2) is 24.3 Å². The van der Waals surface area contributed by atoms with E-state index in [0.29, 0.717) is 62.0 Å². The van der Waals surface area contributed by atoms with Crippen LogP contribution < -0.4 is 4.74 Å². The summed E-state index contributed by atoms with van der Waals surface area (Å²) in [4.78, 5) is 0. The van der Waals surface area contributed by atoms with Crippen molar-refractivity contribution in [3.63, 3.8) is 0 Å². The summed E-state index contributed by atoms with van der Waals surface area (Å²) in [5.74, 6) is -7.83. The second-order valence-electron chi connectivity index (χ2n) is 9.57. The zero-order valence-corrected chi connectivity index (χ0v) is 18.8. The third-order valence-electron chi connectivity index (χ3n) is 7.25. The molecule has 0 aliphatic heterocycles. The van der Waals surface area contributed by atoms with Gasteiger partial charge in [0.05, 0.1) is 6.67 Å². The highest BCUT2D eigenvalue weighted by Crippen LogP contribution is 2.46. The average Bonchev–Trinajstić information content (AvgIpc) is 2.76. The smallest absolute Gasteiger partial charge is 0.399 e. The number of halogens is 8. The molecule has 0 amide bonds. The van der Waals surface area contributed by atoms with Gasteiger partial charge in [-0.25, -0.2) is 17.6 Å². The van der Waals surface area contributed by atoms with E-state index in [1.165, 1.54) is 0 Å². The Morgan fingerprint density at radius 2 is 1.35 bits per heavy atom. The average molecular weight is 498 g/mol. The van der Waals surface area contributed by atoms with Crippen LogP contribution in [-0.4, -0.2) is 19.0 Å². The number of hydrogen-bond acceptors (Lipinski definition) is 1. The first-order valence-electron chi connectivity index (χ1n) is 11.8. The molecule has 0 N–H and O–H groups in total. The van der Waals surface area contributed by atoms with Crippen molar-refractivity contribution in [2.24, 2.45) is 23.7 Å². The first-order valence-corrected chi connectivity index (χ1v) is 11.8. The van der Waals surface area contributed by atoms with Gasteiger partial charge in [0.25, 0.3) is 5.92 Å². The molecule has 1 aromatic carbocycles. The molecule has 2 aliphatic rings. The summed E-state index contributed by atoms with van der Waals surface area (Å²) in [6.45, 7) is -0.360. The van der Waals surface area contributed by atoms with E-state index >= 15 is 0 Å². The quantitative estimate of drug-likeness (QED) is 0.258. The van der Waals surface area contributed by atoms with Crippen LogP contribution in [0.4, 0.5) is 35.1 Å². The van der Waals surface area contributed by atoms with Gasteiger partial charge in [0, 0.05) is 12.3 Å². The standard InChI is InChI=1S/C25H30F8O/c26-12-2-1-3-16-4-6-18(7-5-16)19-8-10-20(11-9-19)24(29,30)15-17-13-21(27)23(22(28)14-17)34-25(31,32)33/h1,3,13-14,16,18-20H,2,4-12,15H2/b3-1+. The summed E-state index contributed by atoms with van der Waals surface area (Å²) >= 11 is 0. The van der Waals surface area contributed by atoms with Crippen molar-refractivity contribution in [1.82, 2.24) is 0 Å². The summed E-state index contributed by atoms with van der Waals surface area (Å²) in [6.07, 6.45) is 4.18. The predicted octanol–water partition coefficient (Wildman–Crippen LogP) is 8.57. The van der Waals surface area contributed by atoms with Gasteiger partial charge in [0.1, 0.15) is 0 Å². The van der Waals surface area contributed by atoms with Gasteiger partial charge in [-0.1, -0.05) is 12.2 Å². The molecule has 0 atom stereocenters. The number of rotatable bonds is 8. The normalized spacial score (nSPS) is 26.7. The zero-order valence-electron chi connectivity index (χ0n) is 18.8. The molecule has 1 nitrogen and oxygen atoms in total. The molecule has 0 bridgehead atoms. The van der Waals surface area contributed by atoms with Crippen LogP contribution >= 0.6 is 0 Å². The molecule has 34 heavy (non-hydrogen) atoms. The Bertz CT molecular complexity index is 796. The minimum atomic E-state index is -5.29. The summed E-state index contributed by atoms with van der Waals surface area (Å²) in [5.41, 5.74) is -0.407. The molecule has 2 saturated carbocycles. The summed E-state index contributed by atoms with van der Waals surface area (Å²) in [5, 5.41) is 0. The highest BCUT2D eigenvalue weighted by molar-refractivity contribution is 5.32. The lowest BCUT2D eigenvalue weighted by molar-refractivity contribution is -0.276. The highest BCUT2D eigenvalue weighted by atomic mass is 19.4. The van der Waals surface area contributed by atoms with Crippen LogP contribution in [-0.2, 0) is 6.42 Å². The van der Waals surface area contributed by atoms with Gasteiger partial charge in [0.15, 0.2) is 11.6 Å². The lowest BCUT2D eigenvalue weighted by Crippen LogP contribution is -2.35. The van der Waals surface area contributed by atoms with Crippen molar-refractivity contribution in [3.8, 4) is 5.75 Å². The van der Waals surface area contributed by atoms with Gasteiger partial charge in [-0.05, 0) is 93.2 Å². The molecule has 0 unspecified atom stereocenters. The molecule has 0 aromatic heterocycles. The van der Waals surface area contributed by atoms with Crippen LogP contribution in [0.1, 0.15) is 63.4 Å². The maximum absolute atomic E-state index is 14.9. The minimum Gasteiger partial charge on any atom is -0.399 e. The van der Waals surface area contributed by atoms with Gasteiger partial charge in [-0.3, -0.25) is 4.39 Å². The summed E-state index contributed by atoms with van der Waals surface area (Å²) in [7, 11) is 0. The first-order chi connectivity index (χ1) is 16.0. The zero-order chi connectivity index (χ0) is 24.9. The maximum Gasteiger partial charge on any atom is 0.573 e. The largest absolute Gasteiger partial charge is 0.573 e. The molecule has 0 radical (unpaired) electrons. The Morgan fingerprint density at radius 1 is 0.824 bits per heavy atom. The van der Waals surface area contributed by atoms with E-state index in [4.69, 9.17) is 0 Å². The summed E-state index contributed by atoms with van der Waals surface area (Å²) in [6, 6.07) is 0.953. The van der Waals surface area contributed by atoms with E-state index in [1.54, 1.807) is 0 Å². The Kier molecular flexibility index (Phi) is 8.90. The van der Waals surface area contributed by atoms with Crippen molar-refractivity contribution in [2.45, 2.75) is 76.5 Å². The van der Waals surface area contributed by atoms with Gasteiger partial charge in [-0.2, -0.15) is 0 Å². The number of benzene rings is 1. The Hall–Kier alpha value is -1.80. The van der Waals surface area contributed by atoms with Crippen LogP contribution in [0.25, 0.3) is 0 Å². The molecule has 3 rings (SSSR count). The Balaban J connectivity index is 1.52. The monoisotopic (exact) mass is 498 g/mol. The predicted molar refractivity (Wildman–Crippen MR) is 112 cm³/mol. The van der Waals surface area contributed by atoms with E-state index in [2.05, 4.69) is 10.8 Å². The van der Waals surface area contributed by atoms with E-state index in [0.717, 1.165) is 25.7 Å². The Labute approximate surface area is 194 Å². The maximum atomic E-state index is 14.9. The van der Waals surface area contributed by atoms with Crippen molar-refractivity contribution in [1.29, 1.82) is 0 Å². The fourth-order valence-electron chi connectivity index (χ4n) is 5.52. The third kappa shape index (κ3) is 7.35. The molecule has 0 saturated heterocycles. The lowest BCUT2D eigenvalue weighted by atomic mass is 9.68. The SMILES string of the molecule is FCC/C=C/C1CCC(C2CCC(C(F)(F)Cc3cc(F)c(OC(F)(F)F)c(F)c3)CC2)CC1. The fourth-order valence-corrected chi connectivity index (χ4v) is 5.52. The second-order valence-corrected chi connectivity index (χ2v) is 9.57. The molecule has 9 heteroatoms. The van der Waals surface area contributed by atoms with Crippen LogP contribution in [0, 0.1) is 35.3 Å². The van der Waals surface area contributed by atoms with E-state index in [-0.39, 0.29) is 6.67 Å². The topological polar surface area (TPSA) is 9.23 Å². The molecular formula is C25H30F8O. The molecule has 0 heterocycles. The lowest BCUT2D eigenvalue weighted by Gasteiger charge is -2.39. The fraction of sp³-hybridized carbons (Fsp3) is 0.680. The van der Waals surface area contributed by atoms with E-state index in [9.17, 15) is 35.1 Å². The molecule has 2 aliphatic carbocycles. The van der Waals surface area contributed by atoms with Crippen molar-refractivity contribution >= 4 is 0 Å². The molecule has 0 spiro atoms. The number of alkyl halides is 6. The second kappa shape index (κ2) is 11.3. The molecule has 1 aromatic rings. The van der Waals surface area contributed by atoms with Gasteiger partial charge >= 0.3 is 6.36 Å². The van der Waals surface area contributed by atoms with Gasteiger partial charge in [-0.15, -0.1) is 13.2 Å². The van der Waals surface area contributed by atoms with Crippen molar-refractivity contribution in [2.75, 3.05) is 6.67 Å². The van der Waals surface area contributed by atoms with Crippen LogP contribution in [0.3, 0.4) is 0 Å².